The quantitative estimate of drug-likeness (QED) is 0.757. The number of benzene rings is 2. The molecule has 0 aromatic heterocycles. The topological polar surface area (TPSA) is 44.8 Å². The molecule has 2 aliphatic heterocycles. The Balaban J connectivity index is 1.40. The molecule has 1 atom stereocenters. The van der Waals surface area contributed by atoms with Gasteiger partial charge in [0.15, 0.2) is 6.61 Å². The van der Waals surface area contributed by atoms with Crippen molar-refractivity contribution in [2.75, 3.05) is 44.7 Å². The van der Waals surface area contributed by atoms with Crippen LogP contribution in [0.3, 0.4) is 0 Å². The first-order valence-corrected chi connectivity index (χ1v) is 10.8. The van der Waals surface area contributed by atoms with Crippen LogP contribution in [0.2, 0.25) is 0 Å². The van der Waals surface area contributed by atoms with Crippen LogP contribution in [-0.4, -0.2) is 50.6 Å². The highest BCUT2D eigenvalue weighted by molar-refractivity contribution is 5.77. The lowest BCUT2D eigenvalue weighted by molar-refractivity contribution is -0.123. The number of likely N-dealkylation sites (tertiary alicyclic amines) is 1. The van der Waals surface area contributed by atoms with E-state index in [0.29, 0.717) is 12.3 Å². The van der Waals surface area contributed by atoms with Gasteiger partial charge in [-0.1, -0.05) is 18.6 Å². The van der Waals surface area contributed by atoms with Gasteiger partial charge in [0.05, 0.1) is 6.04 Å². The summed E-state index contributed by atoms with van der Waals surface area (Å²) >= 11 is 0. The van der Waals surface area contributed by atoms with Crippen molar-refractivity contribution in [1.29, 1.82) is 0 Å². The van der Waals surface area contributed by atoms with Crippen LogP contribution in [-0.2, 0) is 11.2 Å². The zero-order valence-electron chi connectivity index (χ0n) is 17.6. The van der Waals surface area contributed by atoms with Crippen LogP contribution in [0.25, 0.3) is 0 Å². The maximum Gasteiger partial charge on any atom is 0.258 e. The number of carbonyl (C=O) groups is 1. The third-order valence-corrected chi connectivity index (χ3v) is 6.12. The van der Waals surface area contributed by atoms with Crippen LogP contribution in [0.4, 0.5) is 10.1 Å². The standard InChI is InChI=1S/C24H30FN3O2/c1-27-14-11-19-15-18(5-10-22(19)27)23(28-12-3-2-4-13-28)16-26-24(29)17-30-21-8-6-20(25)7-9-21/h5-10,15,23H,2-4,11-14,16-17H2,1H3,(H,26,29)/t23-/m1/s1. The van der Waals surface area contributed by atoms with Crippen LogP contribution < -0.4 is 15.0 Å². The molecule has 2 aromatic carbocycles. The number of hydrogen-bond acceptors (Lipinski definition) is 4. The maximum absolute atomic E-state index is 13.0. The minimum atomic E-state index is -0.322. The third kappa shape index (κ3) is 4.93. The number of likely N-dealkylation sites (N-methyl/N-ethyl adjacent to an activating group) is 1. The Hall–Kier alpha value is -2.60. The second-order valence-corrected chi connectivity index (χ2v) is 8.22. The Kier molecular flexibility index (Phi) is 6.53. The fourth-order valence-corrected chi connectivity index (χ4v) is 4.42. The number of piperidine rings is 1. The van der Waals surface area contributed by atoms with Gasteiger partial charge >= 0.3 is 0 Å². The largest absolute Gasteiger partial charge is 0.484 e. The molecule has 4 rings (SSSR count). The molecule has 1 fully saturated rings. The zero-order chi connectivity index (χ0) is 20.9. The Morgan fingerprint density at radius 2 is 1.87 bits per heavy atom. The minimum absolute atomic E-state index is 0.0761. The summed E-state index contributed by atoms with van der Waals surface area (Å²) in [4.78, 5) is 17.2. The van der Waals surface area contributed by atoms with Gasteiger partial charge in [0.2, 0.25) is 0 Å². The first-order valence-electron chi connectivity index (χ1n) is 10.8. The van der Waals surface area contributed by atoms with E-state index in [-0.39, 0.29) is 24.4 Å². The van der Waals surface area contributed by atoms with Crippen molar-refractivity contribution < 1.29 is 13.9 Å². The van der Waals surface area contributed by atoms with E-state index in [2.05, 4.69) is 40.4 Å². The van der Waals surface area contributed by atoms with Gasteiger partial charge < -0.3 is 15.0 Å². The molecule has 0 radical (unpaired) electrons. The van der Waals surface area contributed by atoms with Crippen LogP contribution in [0.1, 0.15) is 36.4 Å². The second-order valence-electron chi connectivity index (χ2n) is 8.22. The van der Waals surface area contributed by atoms with Crippen molar-refractivity contribution in [3.63, 3.8) is 0 Å². The molecular formula is C24H30FN3O2. The average molecular weight is 412 g/mol. The summed E-state index contributed by atoms with van der Waals surface area (Å²) in [5.74, 6) is 0.000755. The highest BCUT2D eigenvalue weighted by Gasteiger charge is 2.25. The van der Waals surface area contributed by atoms with Crippen LogP contribution in [0.5, 0.6) is 5.75 Å². The van der Waals surface area contributed by atoms with Crippen LogP contribution >= 0.6 is 0 Å². The predicted octanol–water partition coefficient (Wildman–Crippen LogP) is 3.54. The van der Waals surface area contributed by atoms with E-state index in [0.717, 1.165) is 26.1 Å². The lowest BCUT2D eigenvalue weighted by Gasteiger charge is -2.35. The van der Waals surface area contributed by atoms with E-state index >= 15 is 0 Å². The molecule has 0 aliphatic carbocycles. The smallest absolute Gasteiger partial charge is 0.258 e. The van der Waals surface area contributed by atoms with Crippen molar-refractivity contribution in [3.05, 3.63) is 59.4 Å². The second kappa shape index (κ2) is 9.47. The van der Waals surface area contributed by atoms with Crippen molar-refractivity contribution in [2.24, 2.45) is 0 Å². The average Bonchev–Trinajstić information content (AvgIpc) is 3.14. The Labute approximate surface area is 177 Å². The highest BCUT2D eigenvalue weighted by Crippen LogP contribution is 2.32. The first kappa shape index (κ1) is 20.7. The van der Waals surface area contributed by atoms with Gasteiger partial charge in [0.1, 0.15) is 11.6 Å². The number of ether oxygens (including phenoxy) is 1. The number of fused-ring (bicyclic) bond motifs is 1. The Morgan fingerprint density at radius 3 is 2.63 bits per heavy atom. The van der Waals surface area contributed by atoms with E-state index in [1.165, 1.54) is 60.3 Å². The summed E-state index contributed by atoms with van der Waals surface area (Å²) in [5, 5.41) is 3.05. The number of carbonyl (C=O) groups excluding carboxylic acids is 1. The number of amides is 1. The summed E-state index contributed by atoms with van der Waals surface area (Å²) in [6.45, 7) is 3.66. The first-order chi connectivity index (χ1) is 14.6. The SMILES string of the molecule is CN1CCc2cc([C@@H](CNC(=O)COc3ccc(F)cc3)N3CCCCC3)ccc21. The zero-order valence-corrected chi connectivity index (χ0v) is 17.6. The highest BCUT2D eigenvalue weighted by atomic mass is 19.1. The van der Waals surface area contributed by atoms with E-state index in [9.17, 15) is 9.18 Å². The summed E-state index contributed by atoms with van der Waals surface area (Å²) < 4.78 is 18.5. The molecule has 0 bridgehead atoms. The predicted molar refractivity (Wildman–Crippen MR) is 116 cm³/mol. The fourth-order valence-electron chi connectivity index (χ4n) is 4.42. The molecule has 0 unspecified atom stereocenters. The van der Waals surface area contributed by atoms with Crippen molar-refractivity contribution >= 4 is 11.6 Å². The van der Waals surface area contributed by atoms with Crippen LogP contribution in [0, 0.1) is 5.82 Å². The van der Waals surface area contributed by atoms with Gasteiger partial charge in [-0.05, 0) is 73.8 Å². The van der Waals surface area contributed by atoms with Gasteiger partial charge in [-0.3, -0.25) is 9.69 Å². The summed E-state index contributed by atoms with van der Waals surface area (Å²) in [6.07, 6.45) is 4.75. The molecule has 160 valence electrons. The minimum Gasteiger partial charge on any atom is -0.484 e. The van der Waals surface area contributed by atoms with E-state index in [1.54, 1.807) is 0 Å². The van der Waals surface area contributed by atoms with E-state index < -0.39 is 0 Å². The Morgan fingerprint density at radius 1 is 1.10 bits per heavy atom. The molecule has 5 nitrogen and oxygen atoms in total. The molecule has 0 saturated carbocycles. The molecule has 1 saturated heterocycles. The molecular weight excluding hydrogens is 381 g/mol. The van der Waals surface area contributed by atoms with Crippen molar-refractivity contribution in [2.45, 2.75) is 31.7 Å². The monoisotopic (exact) mass is 411 g/mol. The molecule has 6 heteroatoms. The third-order valence-electron chi connectivity index (χ3n) is 6.12. The number of nitrogens with zero attached hydrogens (tertiary/aromatic N) is 2. The summed E-state index contributed by atoms with van der Waals surface area (Å²) in [6, 6.07) is 12.6. The molecule has 2 aliphatic rings. The van der Waals surface area contributed by atoms with Gasteiger partial charge in [-0.15, -0.1) is 0 Å². The fraction of sp³-hybridized carbons (Fsp3) is 0.458. The molecule has 0 spiro atoms. The van der Waals surface area contributed by atoms with Crippen molar-refractivity contribution in [1.82, 2.24) is 10.2 Å². The lowest BCUT2D eigenvalue weighted by atomic mass is 9.98. The molecule has 2 heterocycles. The number of halogens is 1. The lowest BCUT2D eigenvalue weighted by Crippen LogP contribution is -2.41. The molecule has 30 heavy (non-hydrogen) atoms. The van der Waals surface area contributed by atoms with Gasteiger partial charge in [0.25, 0.3) is 5.91 Å². The Bertz CT molecular complexity index is 865. The van der Waals surface area contributed by atoms with Gasteiger partial charge in [0, 0.05) is 25.8 Å². The number of rotatable bonds is 7. The van der Waals surface area contributed by atoms with Gasteiger partial charge in [-0.25, -0.2) is 4.39 Å². The summed E-state index contributed by atoms with van der Waals surface area (Å²) in [7, 11) is 2.13. The number of anilines is 1. The molecule has 1 N–H and O–H groups in total. The van der Waals surface area contributed by atoms with E-state index in [4.69, 9.17) is 4.74 Å². The molecule has 2 aromatic rings. The van der Waals surface area contributed by atoms with Crippen molar-refractivity contribution in [3.8, 4) is 5.75 Å². The normalized spacial score (nSPS) is 17.5. The summed E-state index contributed by atoms with van der Waals surface area (Å²) in [5.41, 5.74) is 3.97. The molecule has 1 amide bonds. The number of hydrogen-bond donors (Lipinski definition) is 1. The van der Waals surface area contributed by atoms with E-state index in [1.807, 2.05) is 0 Å². The maximum atomic E-state index is 13.0. The number of nitrogens with one attached hydrogen (secondary N) is 1. The van der Waals surface area contributed by atoms with Gasteiger partial charge in [-0.2, -0.15) is 0 Å². The van der Waals surface area contributed by atoms with Crippen LogP contribution in [0.15, 0.2) is 42.5 Å².